The van der Waals surface area contributed by atoms with Gasteiger partial charge in [0.2, 0.25) is 5.91 Å². The van der Waals surface area contributed by atoms with Crippen LogP contribution in [-0.2, 0) is 14.4 Å². The van der Waals surface area contributed by atoms with Crippen LogP contribution < -0.4 is 16.8 Å². The molecule has 0 aromatic carbocycles. The lowest BCUT2D eigenvalue weighted by Gasteiger charge is -2.23. The summed E-state index contributed by atoms with van der Waals surface area (Å²) in [6.45, 7) is 3.78. The van der Waals surface area contributed by atoms with Crippen molar-refractivity contribution in [2.24, 2.45) is 11.5 Å². The van der Waals surface area contributed by atoms with Gasteiger partial charge in [-0.1, -0.05) is 6.92 Å². The Kier molecular flexibility index (Phi) is 6.50. The first-order valence-corrected chi connectivity index (χ1v) is 5.78. The minimum absolute atomic E-state index is 0.281. The number of aliphatic carboxylic acids is 1. The van der Waals surface area contributed by atoms with Gasteiger partial charge in [0, 0.05) is 13.0 Å². The third-order valence-electron chi connectivity index (χ3n) is 2.40. The number of hydrogen-bond donors (Lipinski definition) is 4. The first kappa shape index (κ1) is 16.5. The number of carboxylic acid groups (broad SMARTS) is 1. The number of carboxylic acids is 1. The molecule has 1 amide bonds. The van der Waals surface area contributed by atoms with E-state index in [-0.39, 0.29) is 6.42 Å². The fourth-order valence-corrected chi connectivity index (χ4v) is 1.32. The van der Waals surface area contributed by atoms with Crippen LogP contribution in [0.1, 0.15) is 33.1 Å². The Balaban J connectivity index is 4.42. The maximum atomic E-state index is 11.7. The van der Waals surface area contributed by atoms with Crippen molar-refractivity contribution in [2.75, 3.05) is 6.54 Å². The lowest BCUT2D eigenvalue weighted by Crippen LogP contribution is -2.54. The highest BCUT2D eigenvalue weighted by Gasteiger charge is 2.33. The highest BCUT2D eigenvalue weighted by atomic mass is 16.4. The van der Waals surface area contributed by atoms with Crippen LogP contribution in [0.5, 0.6) is 0 Å². The quantitative estimate of drug-likeness (QED) is 0.441. The third kappa shape index (κ3) is 5.74. The zero-order valence-corrected chi connectivity index (χ0v) is 10.7. The van der Waals surface area contributed by atoms with Gasteiger partial charge >= 0.3 is 5.97 Å². The van der Waals surface area contributed by atoms with Gasteiger partial charge in [-0.15, -0.1) is 0 Å². The number of nitrogens with two attached hydrogens (primary N) is 2. The minimum atomic E-state index is -1.37. The van der Waals surface area contributed by atoms with Gasteiger partial charge in [-0.3, -0.25) is 14.4 Å². The Morgan fingerprint density at radius 2 is 1.94 bits per heavy atom. The second kappa shape index (κ2) is 7.07. The van der Waals surface area contributed by atoms with E-state index in [1.165, 1.54) is 6.92 Å². The smallest absolute Gasteiger partial charge is 0.305 e. The van der Waals surface area contributed by atoms with Gasteiger partial charge in [-0.05, 0) is 13.3 Å². The fourth-order valence-electron chi connectivity index (χ4n) is 1.32. The Labute approximate surface area is 106 Å². The topological polar surface area (TPSA) is 136 Å². The van der Waals surface area contributed by atoms with Gasteiger partial charge in [0.25, 0.3) is 0 Å². The van der Waals surface area contributed by atoms with E-state index in [0.29, 0.717) is 6.54 Å². The first-order chi connectivity index (χ1) is 8.20. The predicted octanol–water partition coefficient (Wildman–Crippen LogP) is -1.01. The molecular formula is C11H21N3O4. The summed E-state index contributed by atoms with van der Waals surface area (Å²) in [7, 11) is 0. The summed E-state index contributed by atoms with van der Waals surface area (Å²) in [5, 5.41) is 11.1. The molecule has 0 aliphatic heterocycles. The molecule has 18 heavy (non-hydrogen) atoms. The monoisotopic (exact) mass is 259 g/mol. The molecule has 0 aromatic heterocycles. The summed E-state index contributed by atoms with van der Waals surface area (Å²) >= 11 is 0. The molecule has 0 saturated heterocycles. The van der Waals surface area contributed by atoms with Crippen LogP contribution in [0.15, 0.2) is 0 Å². The van der Waals surface area contributed by atoms with Crippen molar-refractivity contribution in [1.29, 1.82) is 0 Å². The third-order valence-corrected chi connectivity index (χ3v) is 2.40. The Hall–Kier alpha value is -1.47. The Morgan fingerprint density at radius 3 is 2.39 bits per heavy atom. The van der Waals surface area contributed by atoms with Crippen LogP contribution in [0.25, 0.3) is 0 Å². The fraction of sp³-hybridized carbons (Fsp3) is 0.727. The molecule has 0 aliphatic carbocycles. The molecule has 0 fully saturated rings. The molecule has 0 saturated carbocycles. The van der Waals surface area contributed by atoms with Crippen LogP contribution in [0.4, 0.5) is 0 Å². The lowest BCUT2D eigenvalue weighted by atomic mass is 9.91. The molecule has 2 atom stereocenters. The number of carbonyl (C=O) groups is 3. The molecule has 0 rings (SSSR count). The van der Waals surface area contributed by atoms with Crippen LogP contribution in [-0.4, -0.2) is 40.9 Å². The molecule has 104 valence electrons. The average Bonchev–Trinajstić information content (AvgIpc) is 2.24. The van der Waals surface area contributed by atoms with Crippen molar-refractivity contribution in [3.05, 3.63) is 0 Å². The Bertz CT molecular complexity index is 328. The van der Waals surface area contributed by atoms with E-state index in [2.05, 4.69) is 5.32 Å². The van der Waals surface area contributed by atoms with E-state index in [9.17, 15) is 14.4 Å². The van der Waals surface area contributed by atoms with Gasteiger partial charge in [-0.2, -0.15) is 0 Å². The van der Waals surface area contributed by atoms with Crippen LogP contribution in [0.2, 0.25) is 0 Å². The summed E-state index contributed by atoms with van der Waals surface area (Å²) < 4.78 is 0. The maximum Gasteiger partial charge on any atom is 0.305 e. The van der Waals surface area contributed by atoms with E-state index in [1.54, 1.807) is 0 Å². The van der Waals surface area contributed by atoms with Crippen molar-refractivity contribution >= 4 is 17.7 Å². The predicted molar refractivity (Wildman–Crippen MR) is 65.7 cm³/mol. The van der Waals surface area contributed by atoms with Crippen LogP contribution in [0.3, 0.4) is 0 Å². The first-order valence-electron chi connectivity index (χ1n) is 5.78. The van der Waals surface area contributed by atoms with Gasteiger partial charge < -0.3 is 21.9 Å². The molecule has 0 heterocycles. The molecule has 0 bridgehead atoms. The summed E-state index contributed by atoms with van der Waals surface area (Å²) in [6, 6.07) is -1.13. The molecular weight excluding hydrogens is 238 g/mol. The normalized spacial score (nSPS) is 15.6. The van der Waals surface area contributed by atoms with Gasteiger partial charge in [0.15, 0.2) is 5.78 Å². The zero-order valence-electron chi connectivity index (χ0n) is 10.7. The highest BCUT2D eigenvalue weighted by Crippen LogP contribution is 2.09. The van der Waals surface area contributed by atoms with Crippen molar-refractivity contribution in [2.45, 2.75) is 44.7 Å². The number of carbonyl (C=O) groups excluding carboxylic acids is 2. The summed E-state index contributed by atoms with van der Waals surface area (Å²) in [4.78, 5) is 33.7. The van der Waals surface area contributed by atoms with Crippen LogP contribution >= 0.6 is 0 Å². The van der Waals surface area contributed by atoms with E-state index in [1.807, 2.05) is 6.92 Å². The van der Waals surface area contributed by atoms with Gasteiger partial charge in [0.1, 0.15) is 0 Å². The van der Waals surface area contributed by atoms with Gasteiger partial charge in [0.05, 0.1) is 18.0 Å². The average molecular weight is 259 g/mol. The van der Waals surface area contributed by atoms with E-state index >= 15 is 0 Å². The maximum absolute atomic E-state index is 11.7. The van der Waals surface area contributed by atoms with E-state index in [0.717, 1.165) is 6.42 Å². The molecule has 6 N–H and O–H groups in total. The summed E-state index contributed by atoms with van der Waals surface area (Å²) in [5.74, 6) is -2.14. The molecule has 0 aliphatic rings. The molecule has 7 heteroatoms. The van der Waals surface area contributed by atoms with Crippen molar-refractivity contribution in [3.63, 3.8) is 0 Å². The van der Waals surface area contributed by atoms with Crippen molar-refractivity contribution in [1.82, 2.24) is 5.32 Å². The van der Waals surface area contributed by atoms with E-state index in [4.69, 9.17) is 16.6 Å². The molecule has 0 spiro atoms. The van der Waals surface area contributed by atoms with Crippen LogP contribution in [0, 0.1) is 0 Å². The van der Waals surface area contributed by atoms with Crippen molar-refractivity contribution < 1.29 is 19.5 Å². The minimum Gasteiger partial charge on any atom is -0.481 e. The number of hydrogen-bond acceptors (Lipinski definition) is 5. The Morgan fingerprint density at radius 1 is 1.39 bits per heavy atom. The summed E-state index contributed by atoms with van der Waals surface area (Å²) in [6.07, 6.45) is 0.0107. The zero-order chi connectivity index (χ0) is 14.3. The standard InChI is InChI=1S/C11H21N3O4/c1-3-4-14-10(18)11(2,13)6-8(15)7(12)5-9(16)17/h7H,3-6,12-13H2,1-2H3,(H,14,18)(H,16,17)/t7-,11?/m0/s1. The number of rotatable bonds is 8. The molecule has 1 unspecified atom stereocenters. The van der Waals surface area contributed by atoms with Crippen molar-refractivity contribution in [3.8, 4) is 0 Å². The lowest BCUT2D eigenvalue weighted by molar-refractivity contribution is -0.139. The molecule has 7 nitrogen and oxygen atoms in total. The second-order valence-electron chi connectivity index (χ2n) is 4.52. The number of Topliss-reactive ketones (excluding diaryl/α,β-unsaturated/α-hetero) is 1. The number of nitrogens with one attached hydrogen (secondary N) is 1. The largest absolute Gasteiger partial charge is 0.481 e. The SMILES string of the molecule is CCCNC(=O)C(C)(N)CC(=O)[C@@H](N)CC(=O)O. The highest BCUT2D eigenvalue weighted by molar-refractivity contribution is 5.95. The number of ketones is 1. The molecule has 0 radical (unpaired) electrons. The molecule has 0 aromatic rings. The number of amides is 1. The van der Waals surface area contributed by atoms with E-state index < -0.39 is 35.7 Å². The summed E-state index contributed by atoms with van der Waals surface area (Å²) in [5.41, 5.74) is 9.77. The second-order valence-corrected chi connectivity index (χ2v) is 4.52. The van der Waals surface area contributed by atoms with Gasteiger partial charge in [-0.25, -0.2) is 0 Å².